The molecule has 0 radical (unpaired) electrons. The molecule has 0 spiro atoms. The molecule has 4 aliphatic rings. The minimum absolute atomic E-state index is 0.0557. The van der Waals surface area contributed by atoms with Crippen LogP contribution in [0.2, 0.25) is 0 Å². The fourth-order valence-electron chi connectivity index (χ4n) is 9.54. The molecule has 1 N–H and O–H groups in total. The summed E-state index contributed by atoms with van der Waals surface area (Å²) < 4.78 is 0. The van der Waals surface area contributed by atoms with Gasteiger partial charge in [-0.1, -0.05) is 41.0 Å². The maximum Gasteiger partial charge on any atom is 0.140 e. The number of carbonyl (C=O) groups excluding carboxylic acids is 3. The molecule has 0 aromatic rings. The average molecular weight is 417 g/mol. The lowest BCUT2D eigenvalue weighted by Crippen LogP contribution is -2.68. The van der Waals surface area contributed by atoms with Crippen molar-refractivity contribution >= 4 is 17.9 Å². The third kappa shape index (κ3) is 2.64. The molecule has 4 nitrogen and oxygen atoms in total. The Morgan fingerprint density at radius 3 is 2.23 bits per heavy atom. The minimum Gasteiger partial charge on any atom is -0.392 e. The van der Waals surface area contributed by atoms with Crippen LogP contribution in [0.15, 0.2) is 0 Å². The fraction of sp³-hybridized carbons (Fsp3) is 0.885. The molecule has 0 bridgehead atoms. The first-order chi connectivity index (χ1) is 13.8. The van der Waals surface area contributed by atoms with Gasteiger partial charge in [0.2, 0.25) is 0 Å². The van der Waals surface area contributed by atoms with E-state index in [2.05, 4.69) is 27.7 Å². The molecule has 0 aliphatic heterocycles. The Balaban J connectivity index is 1.81. The SMILES string of the molecule is CC(=O)[C@@H]1[C@@H](O)C[C@H]2[C@]3(C)CC[C@H]4C(C)(C)CCC[C@]4(C)[C@H]3CC(=O)[C@]2(C)[C@H]1C=O. The Kier molecular flexibility index (Phi) is 4.98. The van der Waals surface area contributed by atoms with Crippen molar-refractivity contribution in [3.63, 3.8) is 0 Å². The van der Waals surface area contributed by atoms with Crippen molar-refractivity contribution in [1.29, 1.82) is 0 Å². The molecule has 168 valence electrons. The third-order valence-electron chi connectivity index (χ3n) is 10.9. The Hall–Kier alpha value is -1.03. The van der Waals surface area contributed by atoms with Crippen molar-refractivity contribution < 1.29 is 19.5 Å². The summed E-state index contributed by atoms with van der Waals surface area (Å²) in [5.41, 5.74) is -0.540. The molecule has 0 aromatic carbocycles. The quantitative estimate of drug-likeness (QED) is 0.667. The van der Waals surface area contributed by atoms with E-state index in [0.717, 1.165) is 25.5 Å². The highest BCUT2D eigenvalue weighted by atomic mass is 16.3. The molecule has 4 aliphatic carbocycles. The second kappa shape index (κ2) is 6.73. The van der Waals surface area contributed by atoms with E-state index in [1.165, 1.54) is 19.8 Å². The lowest BCUT2D eigenvalue weighted by Gasteiger charge is -2.69. The molecular formula is C26H40O4. The molecule has 4 rings (SSSR count). The maximum atomic E-state index is 13.8. The smallest absolute Gasteiger partial charge is 0.140 e. The van der Waals surface area contributed by atoms with E-state index < -0.39 is 23.4 Å². The first-order valence-electron chi connectivity index (χ1n) is 12.0. The molecule has 9 atom stereocenters. The number of Topliss-reactive ketones (excluding diaryl/α,β-unsaturated/α-hetero) is 2. The van der Waals surface area contributed by atoms with Gasteiger partial charge in [0.15, 0.2) is 0 Å². The normalized spacial score (nSPS) is 52.6. The van der Waals surface area contributed by atoms with Gasteiger partial charge in [-0.25, -0.2) is 0 Å². The summed E-state index contributed by atoms with van der Waals surface area (Å²) >= 11 is 0. The molecule has 4 fully saturated rings. The summed E-state index contributed by atoms with van der Waals surface area (Å²) in [5.74, 6) is -0.674. The molecule has 0 aromatic heterocycles. The maximum absolute atomic E-state index is 13.8. The van der Waals surface area contributed by atoms with Gasteiger partial charge >= 0.3 is 0 Å². The predicted octanol–water partition coefficient (Wildman–Crippen LogP) is 4.62. The number of hydrogen-bond acceptors (Lipinski definition) is 4. The van der Waals surface area contributed by atoms with Crippen LogP contribution in [0.3, 0.4) is 0 Å². The molecule has 4 saturated carbocycles. The van der Waals surface area contributed by atoms with Gasteiger partial charge < -0.3 is 9.90 Å². The zero-order valence-electron chi connectivity index (χ0n) is 19.7. The van der Waals surface area contributed by atoms with E-state index in [0.29, 0.717) is 18.8 Å². The summed E-state index contributed by atoms with van der Waals surface area (Å²) in [4.78, 5) is 38.4. The topological polar surface area (TPSA) is 71.4 Å². The van der Waals surface area contributed by atoms with Gasteiger partial charge in [0.25, 0.3) is 0 Å². The van der Waals surface area contributed by atoms with Gasteiger partial charge in [-0.3, -0.25) is 9.59 Å². The van der Waals surface area contributed by atoms with Crippen molar-refractivity contribution in [2.45, 2.75) is 92.6 Å². The largest absolute Gasteiger partial charge is 0.392 e. The van der Waals surface area contributed by atoms with Crippen molar-refractivity contribution in [3.8, 4) is 0 Å². The fourth-order valence-corrected chi connectivity index (χ4v) is 9.54. The van der Waals surface area contributed by atoms with Gasteiger partial charge in [-0.15, -0.1) is 0 Å². The standard InChI is InChI=1S/C26H40O4/c1-15(28)22-16(14-27)26(6)20(12-17(22)29)25(5)11-8-18-23(2,3)9-7-10-24(18,4)19(25)13-21(26)30/h14,16-20,22,29H,7-13H2,1-6H3/t16-,17-,18-,19+,20-,22-,24-,25+,26+/m0/s1. The highest BCUT2D eigenvalue weighted by molar-refractivity contribution is 5.92. The number of hydrogen-bond donors (Lipinski definition) is 1. The number of carbonyl (C=O) groups is 3. The van der Waals surface area contributed by atoms with Crippen molar-refractivity contribution in [2.75, 3.05) is 0 Å². The Bertz CT molecular complexity index is 771. The Morgan fingerprint density at radius 2 is 1.63 bits per heavy atom. The van der Waals surface area contributed by atoms with E-state index in [4.69, 9.17) is 0 Å². The van der Waals surface area contributed by atoms with Gasteiger partial charge in [0, 0.05) is 17.8 Å². The summed E-state index contributed by atoms with van der Waals surface area (Å²) in [6.07, 6.45) is 6.73. The van der Waals surface area contributed by atoms with E-state index in [1.807, 2.05) is 6.92 Å². The van der Waals surface area contributed by atoms with E-state index >= 15 is 0 Å². The molecular weight excluding hydrogens is 376 g/mol. The van der Waals surface area contributed by atoms with Crippen LogP contribution in [0.1, 0.15) is 86.5 Å². The first kappa shape index (κ1) is 22.2. The third-order valence-corrected chi connectivity index (χ3v) is 10.9. The molecule has 0 unspecified atom stereocenters. The lowest BCUT2D eigenvalue weighted by molar-refractivity contribution is -0.219. The monoisotopic (exact) mass is 416 g/mol. The predicted molar refractivity (Wildman–Crippen MR) is 116 cm³/mol. The van der Waals surface area contributed by atoms with Gasteiger partial charge in [-0.2, -0.15) is 0 Å². The average Bonchev–Trinajstić information content (AvgIpc) is 2.63. The number of aliphatic hydroxyl groups excluding tert-OH is 1. The molecule has 0 heterocycles. The van der Waals surface area contributed by atoms with Crippen LogP contribution in [-0.2, 0) is 14.4 Å². The Morgan fingerprint density at radius 1 is 1.00 bits per heavy atom. The lowest BCUT2D eigenvalue weighted by atomic mass is 9.34. The second-order valence-corrected chi connectivity index (χ2v) is 12.6. The number of rotatable bonds is 2. The van der Waals surface area contributed by atoms with Crippen molar-refractivity contribution in [3.05, 3.63) is 0 Å². The van der Waals surface area contributed by atoms with Gasteiger partial charge in [0.1, 0.15) is 17.9 Å². The van der Waals surface area contributed by atoms with Crippen LogP contribution in [0.5, 0.6) is 0 Å². The number of fused-ring (bicyclic) bond motifs is 5. The summed E-state index contributed by atoms with van der Waals surface area (Å²) in [7, 11) is 0. The summed E-state index contributed by atoms with van der Waals surface area (Å²) in [6.45, 7) is 12.9. The van der Waals surface area contributed by atoms with E-state index in [9.17, 15) is 19.5 Å². The van der Waals surface area contributed by atoms with E-state index in [-0.39, 0.29) is 39.6 Å². The summed E-state index contributed by atoms with van der Waals surface area (Å²) in [5, 5.41) is 11.0. The first-order valence-corrected chi connectivity index (χ1v) is 12.0. The van der Waals surface area contributed by atoms with Gasteiger partial charge in [-0.05, 0) is 73.0 Å². The zero-order valence-corrected chi connectivity index (χ0v) is 19.7. The van der Waals surface area contributed by atoms with Crippen LogP contribution >= 0.6 is 0 Å². The van der Waals surface area contributed by atoms with Gasteiger partial charge in [0.05, 0.1) is 12.0 Å². The van der Waals surface area contributed by atoms with Crippen LogP contribution in [-0.4, -0.2) is 29.1 Å². The van der Waals surface area contributed by atoms with Crippen LogP contribution in [0, 0.1) is 51.2 Å². The van der Waals surface area contributed by atoms with Crippen molar-refractivity contribution in [1.82, 2.24) is 0 Å². The zero-order chi connectivity index (χ0) is 22.3. The van der Waals surface area contributed by atoms with Crippen LogP contribution in [0.25, 0.3) is 0 Å². The highest BCUT2D eigenvalue weighted by Gasteiger charge is 2.70. The Labute approximate surface area is 181 Å². The molecule has 30 heavy (non-hydrogen) atoms. The van der Waals surface area contributed by atoms with Crippen LogP contribution in [0.4, 0.5) is 0 Å². The minimum atomic E-state index is -0.851. The number of aldehydes is 1. The van der Waals surface area contributed by atoms with Crippen molar-refractivity contribution in [2.24, 2.45) is 51.2 Å². The summed E-state index contributed by atoms with van der Waals surface area (Å²) in [6, 6.07) is 0. The number of ketones is 2. The highest BCUT2D eigenvalue weighted by Crippen LogP contribution is 2.72. The molecule has 4 heteroatoms. The molecule has 0 amide bonds. The van der Waals surface area contributed by atoms with Crippen LogP contribution < -0.4 is 0 Å². The van der Waals surface area contributed by atoms with E-state index in [1.54, 1.807) is 0 Å². The molecule has 0 saturated heterocycles. The second-order valence-electron chi connectivity index (χ2n) is 12.6. The number of aliphatic hydroxyl groups is 1.